The fourth-order valence-corrected chi connectivity index (χ4v) is 11.8. The molecule has 6 N–H and O–H groups in total. The lowest BCUT2D eigenvalue weighted by Gasteiger charge is -2.24. The molecule has 484 valence electrons. The van der Waals surface area contributed by atoms with Crippen molar-refractivity contribution in [2.75, 3.05) is 38.0 Å². The van der Waals surface area contributed by atoms with Gasteiger partial charge in [0.05, 0.1) is 17.2 Å². The minimum Gasteiger partial charge on any atom is -0.872 e. The Hall–Kier alpha value is -11.3. The normalized spacial score (nSPS) is 11.8. The minimum atomic E-state index is -1.35. The molecule has 95 heavy (non-hydrogen) atoms. The number of fused-ring (bicyclic) bond motifs is 4. The van der Waals surface area contributed by atoms with Crippen LogP contribution in [0.5, 0.6) is 11.5 Å². The Kier molecular flexibility index (Phi) is 21.1. The summed E-state index contributed by atoms with van der Waals surface area (Å²) in [6, 6.07) is 62.6. The molecule has 16 nitrogen and oxygen atoms in total. The summed E-state index contributed by atoms with van der Waals surface area (Å²) in [6.45, 7) is 10.0. The lowest BCUT2D eigenvalue weighted by atomic mass is 9.90. The molecule has 0 saturated carbocycles. The number of rotatable bonds is 14. The molecule has 0 unspecified atom stereocenters. The number of aromatic carboxylic acids is 2. The monoisotopic (exact) mass is 1270 g/mol. The maximum absolute atomic E-state index is 12.9. The fraction of sp³-hybridized carbons (Fsp3) is 0.177. The predicted octanol–water partition coefficient (Wildman–Crippen LogP) is 12.5. The van der Waals surface area contributed by atoms with Gasteiger partial charge in [-0.3, -0.25) is 4.79 Å². The van der Waals surface area contributed by atoms with Crippen LogP contribution in [0.2, 0.25) is 0 Å². The number of anilines is 2. The zero-order valence-electron chi connectivity index (χ0n) is 55.2. The molecular formula is C79H79N7O9. The maximum atomic E-state index is 12.9. The van der Waals surface area contributed by atoms with Crippen molar-refractivity contribution in [2.45, 2.75) is 53.2 Å². The molecule has 0 aliphatic rings. The number of pyridine rings is 2. The van der Waals surface area contributed by atoms with Crippen LogP contribution in [0.1, 0.15) is 84.1 Å². The number of carboxylic acid groups (broad SMARTS) is 3. The second-order valence-electron chi connectivity index (χ2n) is 23.9. The number of hydrogen-bond donors (Lipinski definition) is 5. The van der Waals surface area contributed by atoms with Gasteiger partial charge in [0.15, 0.2) is 0 Å². The van der Waals surface area contributed by atoms with Crippen LogP contribution in [0.4, 0.5) is 11.4 Å². The first-order chi connectivity index (χ1) is 45.3. The average Bonchev–Trinajstić information content (AvgIpc) is 1.62. The molecule has 4 heterocycles. The van der Waals surface area contributed by atoms with E-state index in [4.69, 9.17) is 15.9 Å². The predicted molar refractivity (Wildman–Crippen MR) is 378 cm³/mol. The fourth-order valence-electron chi connectivity index (χ4n) is 11.8. The quantitative estimate of drug-likeness (QED) is 0.0641. The van der Waals surface area contributed by atoms with E-state index in [9.17, 15) is 34.8 Å². The van der Waals surface area contributed by atoms with Gasteiger partial charge in [-0.05, 0) is 182 Å². The number of para-hydroxylation sites is 2. The number of nitrogens with two attached hydrogens (primary N) is 1. The van der Waals surface area contributed by atoms with E-state index >= 15 is 0 Å². The van der Waals surface area contributed by atoms with Gasteiger partial charge in [0.25, 0.3) is 0 Å². The number of aliphatic carboxylic acids is 1. The smallest absolute Gasteiger partial charge is 0.335 e. The van der Waals surface area contributed by atoms with Crippen molar-refractivity contribution in [3.8, 4) is 22.9 Å². The molecule has 0 aliphatic heterocycles. The number of hydrogen-bond acceptors (Lipinski definition) is 9. The lowest BCUT2D eigenvalue weighted by molar-refractivity contribution is -0.646. The molecule has 0 radical (unpaired) electrons. The van der Waals surface area contributed by atoms with Crippen molar-refractivity contribution in [3.63, 3.8) is 0 Å². The van der Waals surface area contributed by atoms with Gasteiger partial charge in [-0.2, -0.15) is 9.13 Å². The molecule has 0 fully saturated rings. The third-order valence-electron chi connectivity index (χ3n) is 17.1. The Labute approximate surface area is 553 Å². The Morgan fingerprint density at radius 3 is 1.20 bits per heavy atom. The van der Waals surface area contributed by atoms with Gasteiger partial charge in [0.1, 0.15) is 20.1 Å². The van der Waals surface area contributed by atoms with Gasteiger partial charge in [0, 0.05) is 121 Å². The molecule has 8 aromatic carbocycles. The molecule has 12 aromatic rings. The van der Waals surface area contributed by atoms with Crippen LogP contribution < -0.4 is 34.9 Å². The Bertz CT molecular complexity index is 4600. The van der Waals surface area contributed by atoms with Gasteiger partial charge in [-0.15, -0.1) is 0 Å². The summed E-state index contributed by atoms with van der Waals surface area (Å²) in [4.78, 5) is 37.2. The number of aliphatic hydroxyl groups excluding tert-OH is 1. The number of aliphatic hydroxyl groups is 1. The van der Waals surface area contributed by atoms with Crippen molar-refractivity contribution >= 4 is 96.9 Å². The van der Waals surface area contributed by atoms with Crippen molar-refractivity contribution in [3.05, 3.63) is 262 Å². The van der Waals surface area contributed by atoms with Gasteiger partial charge >= 0.3 is 17.9 Å². The minimum absolute atomic E-state index is 0.158. The molecular weight excluding hydrogens is 1190 g/mol. The highest BCUT2D eigenvalue weighted by Gasteiger charge is 2.20. The summed E-state index contributed by atoms with van der Waals surface area (Å²) in [6.07, 6.45) is 7.70. The van der Waals surface area contributed by atoms with Crippen LogP contribution in [0.25, 0.3) is 79.0 Å². The molecule has 12 rings (SSSR count). The molecule has 0 aliphatic carbocycles. The van der Waals surface area contributed by atoms with E-state index in [1.165, 1.54) is 109 Å². The number of aryl methyl sites for hydroxylation is 4. The molecule has 16 heteroatoms. The van der Waals surface area contributed by atoms with Crippen LogP contribution in [-0.4, -0.2) is 87.8 Å². The second kappa shape index (κ2) is 29.5. The summed E-state index contributed by atoms with van der Waals surface area (Å²) in [5.41, 5.74) is 21.6. The van der Waals surface area contributed by atoms with Gasteiger partial charge in [0.2, 0.25) is 22.4 Å². The standard InChI is InChI=1S/2C26H28N3.C23H16O6.C4H9NO3/c2*1-19-17-21(20(2)29(19)24-9-7-6-8-10-24)11-13-23-14-12-22-18-25(27(3)4)15-16-26(22)28(23)5;24-20-16(14-7-3-1-5-12(14)9-18(20)22(26)27)11-17-15-8-4-2-6-13(15)10-19(21(17)25)23(28)29;1-2(6)3(5)4(7)8/h2*6-18H,1-5H3;1-10,24-25H,11H2,(H,26,27)(H,28,29);2-3,6H,5H2,1H3,(H,7,8)/q2*+1;;/p-2/t;;;2-,3+/m...1/s1. The summed E-state index contributed by atoms with van der Waals surface area (Å²) >= 11 is 0. The highest BCUT2D eigenvalue weighted by molar-refractivity contribution is 6.02. The largest absolute Gasteiger partial charge is 0.872 e. The van der Waals surface area contributed by atoms with E-state index in [1.54, 1.807) is 48.5 Å². The Morgan fingerprint density at radius 2 is 0.863 bits per heavy atom. The Morgan fingerprint density at radius 1 is 0.495 bits per heavy atom. The third kappa shape index (κ3) is 15.1. The molecule has 4 aromatic heterocycles. The van der Waals surface area contributed by atoms with E-state index in [1.807, 2.05) is 0 Å². The van der Waals surface area contributed by atoms with Crippen molar-refractivity contribution in [1.82, 2.24) is 9.13 Å². The van der Waals surface area contributed by atoms with E-state index in [2.05, 4.69) is 256 Å². The van der Waals surface area contributed by atoms with Gasteiger partial charge < -0.3 is 55.3 Å². The number of carbonyl (C=O) groups is 3. The van der Waals surface area contributed by atoms with Crippen LogP contribution in [0.3, 0.4) is 0 Å². The lowest BCUT2D eigenvalue weighted by Crippen LogP contribution is -2.39. The second-order valence-corrected chi connectivity index (χ2v) is 23.9. The summed E-state index contributed by atoms with van der Waals surface area (Å²) in [5, 5.41) is 65.9. The number of carboxylic acids is 3. The third-order valence-corrected chi connectivity index (χ3v) is 17.1. The number of aromatic nitrogens is 4. The van der Waals surface area contributed by atoms with Crippen LogP contribution in [0.15, 0.2) is 194 Å². The van der Waals surface area contributed by atoms with Gasteiger partial charge in [-0.1, -0.05) is 96.4 Å². The van der Waals surface area contributed by atoms with Crippen LogP contribution in [0, 0.1) is 27.7 Å². The zero-order chi connectivity index (χ0) is 68.5. The number of nitrogens with zero attached hydrogens (tertiary/aromatic N) is 6. The first-order valence-corrected chi connectivity index (χ1v) is 31.0. The van der Waals surface area contributed by atoms with Crippen molar-refractivity contribution < 1.29 is 54.2 Å². The van der Waals surface area contributed by atoms with E-state index in [0.717, 1.165) is 0 Å². The average molecular weight is 1270 g/mol. The molecule has 0 bridgehead atoms. The molecule has 0 spiro atoms. The van der Waals surface area contributed by atoms with E-state index in [-0.39, 0.29) is 28.7 Å². The molecule has 0 amide bonds. The van der Waals surface area contributed by atoms with Crippen molar-refractivity contribution in [1.29, 1.82) is 0 Å². The first kappa shape index (κ1) is 68.0. The van der Waals surface area contributed by atoms with Crippen molar-refractivity contribution in [2.24, 2.45) is 19.8 Å². The van der Waals surface area contributed by atoms with E-state index in [0.29, 0.717) is 21.5 Å². The summed E-state index contributed by atoms with van der Waals surface area (Å²) in [5.74, 6) is -5.25. The summed E-state index contributed by atoms with van der Waals surface area (Å²) < 4.78 is 9.12. The first-order valence-electron chi connectivity index (χ1n) is 31.0. The van der Waals surface area contributed by atoms with E-state index < -0.39 is 41.6 Å². The topological polar surface area (TPSA) is 228 Å². The highest BCUT2D eigenvalue weighted by Crippen LogP contribution is 2.37. The van der Waals surface area contributed by atoms with Gasteiger partial charge in [-0.25, -0.2) is 9.59 Å². The van der Waals surface area contributed by atoms with Crippen LogP contribution >= 0.6 is 0 Å². The SMILES string of the molecule is C[C@@H](O)[C@H](N)C(=O)O.Cc1cc(/C=C/c2ccc3cc(N(C)C)ccc3[n+]2C)c(C)n1-c1ccccc1.Cc1cc(/C=C/c2ccc3cc(N(C)C)ccc3[n+]2C)c(C)n1-c1ccccc1.O=C(O)c1cc2ccccc2c(Cc2c([O-])c(C(=O)O)cc3ccccc23)c1[O-]. The molecule has 2 atom stereocenters. The summed E-state index contributed by atoms with van der Waals surface area (Å²) in [7, 11) is 12.6. The Balaban J connectivity index is 0.000000158. The van der Waals surface area contributed by atoms with Crippen LogP contribution in [-0.2, 0) is 25.3 Å². The molecule has 0 saturated heterocycles. The number of benzene rings is 8. The zero-order valence-corrected chi connectivity index (χ0v) is 55.2. The highest BCUT2D eigenvalue weighted by atomic mass is 16.4. The maximum Gasteiger partial charge on any atom is 0.335 e.